The number of nitrogens with one attached hydrogen (secondary N) is 2. The van der Waals surface area contributed by atoms with Crippen LogP contribution in [0.2, 0.25) is 0 Å². The van der Waals surface area contributed by atoms with E-state index in [9.17, 15) is 8.42 Å². The summed E-state index contributed by atoms with van der Waals surface area (Å²) in [6.07, 6.45) is 1.36. The first kappa shape index (κ1) is 13.3. The van der Waals surface area contributed by atoms with Crippen molar-refractivity contribution in [1.29, 1.82) is 0 Å². The number of aromatic nitrogens is 3. The van der Waals surface area contributed by atoms with Crippen LogP contribution in [0.3, 0.4) is 0 Å². The monoisotopic (exact) mass is 282 g/mol. The molecule has 2 aromatic heterocycles. The van der Waals surface area contributed by atoms with Gasteiger partial charge in [0.15, 0.2) is 0 Å². The Hall–Kier alpha value is -2.13. The molecule has 0 radical (unpaired) electrons. The first-order valence-corrected chi connectivity index (χ1v) is 6.87. The van der Waals surface area contributed by atoms with Crippen molar-refractivity contribution in [2.45, 2.75) is 11.8 Å². The predicted octanol–water partition coefficient (Wildman–Crippen LogP) is 0.210. The van der Waals surface area contributed by atoms with Crippen molar-refractivity contribution < 1.29 is 8.42 Å². The van der Waals surface area contributed by atoms with E-state index in [1.165, 1.54) is 23.0 Å². The number of nitrogens with two attached hydrogens (primary N) is 1. The van der Waals surface area contributed by atoms with Crippen molar-refractivity contribution in [3.8, 4) is 0 Å². The van der Waals surface area contributed by atoms with Crippen molar-refractivity contribution in [1.82, 2.24) is 14.8 Å². The molecule has 0 fully saturated rings. The second-order valence-electron chi connectivity index (χ2n) is 3.92. The first-order chi connectivity index (χ1) is 8.92. The highest BCUT2D eigenvalue weighted by molar-refractivity contribution is 7.92. The lowest BCUT2D eigenvalue weighted by molar-refractivity contribution is 0.600. The van der Waals surface area contributed by atoms with Crippen molar-refractivity contribution in [3.05, 3.63) is 30.1 Å². The van der Waals surface area contributed by atoms with Gasteiger partial charge in [0.1, 0.15) is 11.6 Å². The van der Waals surface area contributed by atoms with E-state index in [-0.39, 0.29) is 10.7 Å². The predicted molar refractivity (Wildman–Crippen MR) is 70.8 cm³/mol. The summed E-state index contributed by atoms with van der Waals surface area (Å²) in [6, 6.07) is 4.36. The molecule has 2 aromatic rings. The molecule has 0 unspecified atom stereocenters. The van der Waals surface area contributed by atoms with E-state index >= 15 is 0 Å². The largest absolute Gasteiger partial charge is 0.308 e. The highest BCUT2D eigenvalue weighted by atomic mass is 32.2. The highest BCUT2D eigenvalue weighted by Crippen LogP contribution is 2.17. The highest BCUT2D eigenvalue weighted by Gasteiger charge is 2.17. The number of pyridine rings is 1. The summed E-state index contributed by atoms with van der Waals surface area (Å²) in [5, 5.41) is 4.07. The molecule has 102 valence electrons. The molecule has 2 heterocycles. The van der Waals surface area contributed by atoms with E-state index < -0.39 is 10.0 Å². The van der Waals surface area contributed by atoms with Crippen molar-refractivity contribution in [3.63, 3.8) is 0 Å². The van der Waals surface area contributed by atoms with Crippen LogP contribution >= 0.6 is 0 Å². The van der Waals surface area contributed by atoms with Gasteiger partial charge in [-0.2, -0.15) is 5.10 Å². The number of anilines is 2. The number of nitrogen functional groups attached to an aromatic ring is 1. The number of sulfonamides is 1. The van der Waals surface area contributed by atoms with Gasteiger partial charge in [-0.15, -0.1) is 0 Å². The maximum atomic E-state index is 12.2. The molecule has 0 atom stereocenters. The number of hydrogen-bond acceptors (Lipinski definition) is 6. The Labute approximate surface area is 110 Å². The molecule has 19 heavy (non-hydrogen) atoms. The zero-order valence-electron chi connectivity index (χ0n) is 10.5. The smallest absolute Gasteiger partial charge is 0.263 e. The van der Waals surface area contributed by atoms with E-state index in [4.69, 9.17) is 5.84 Å². The minimum absolute atomic E-state index is 0.0642. The Morgan fingerprint density at radius 2 is 2.11 bits per heavy atom. The third kappa shape index (κ3) is 2.83. The third-order valence-electron chi connectivity index (χ3n) is 2.43. The molecule has 0 aliphatic carbocycles. The van der Waals surface area contributed by atoms with E-state index in [2.05, 4.69) is 20.2 Å². The fourth-order valence-electron chi connectivity index (χ4n) is 1.56. The average Bonchev–Trinajstić information content (AvgIpc) is 2.67. The molecular weight excluding hydrogens is 268 g/mol. The van der Waals surface area contributed by atoms with Gasteiger partial charge >= 0.3 is 0 Å². The topological polar surface area (TPSA) is 115 Å². The standard InChI is InChI=1S/C10H14N6O2S/c1-7-5-10(16(2)14-7)15-19(17,18)8-3-4-12-9(6-8)13-11/h3-6,15H,11H2,1-2H3,(H,12,13). The van der Waals surface area contributed by atoms with Gasteiger partial charge in [0.2, 0.25) is 0 Å². The second-order valence-corrected chi connectivity index (χ2v) is 5.60. The van der Waals surface area contributed by atoms with E-state index in [1.807, 2.05) is 0 Å². The lowest BCUT2D eigenvalue weighted by atomic mass is 10.5. The van der Waals surface area contributed by atoms with Crippen LogP contribution in [0.25, 0.3) is 0 Å². The van der Waals surface area contributed by atoms with Crippen LogP contribution in [0.5, 0.6) is 0 Å². The molecule has 0 aromatic carbocycles. The van der Waals surface area contributed by atoms with E-state index in [1.54, 1.807) is 20.0 Å². The van der Waals surface area contributed by atoms with Crippen LogP contribution < -0.4 is 16.0 Å². The lowest BCUT2D eigenvalue weighted by Gasteiger charge is -2.08. The molecule has 4 N–H and O–H groups in total. The second kappa shape index (κ2) is 4.86. The molecule has 0 saturated heterocycles. The molecule has 0 bridgehead atoms. The molecule has 0 saturated carbocycles. The number of aryl methyl sites for hydroxylation is 2. The maximum Gasteiger partial charge on any atom is 0.263 e. The fraction of sp³-hybridized carbons (Fsp3) is 0.200. The van der Waals surface area contributed by atoms with E-state index in [0.29, 0.717) is 5.82 Å². The van der Waals surface area contributed by atoms with E-state index in [0.717, 1.165) is 5.69 Å². The van der Waals surface area contributed by atoms with Gasteiger partial charge in [0.25, 0.3) is 10.0 Å². The summed E-state index contributed by atoms with van der Waals surface area (Å²) < 4.78 is 28.3. The minimum Gasteiger partial charge on any atom is -0.308 e. The zero-order valence-corrected chi connectivity index (χ0v) is 11.3. The Bertz CT molecular complexity index is 694. The molecule has 2 rings (SSSR count). The molecule has 0 aliphatic rings. The first-order valence-electron chi connectivity index (χ1n) is 5.38. The van der Waals surface area contributed by atoms with Crippen LogP contribution in [-0.4, -0.2) is 23.2 Å². The number of hydrazine groups is 1. The van der Waals surface area contributed by atoms with Crippen LogP contribution in [0, 0.1) is 6.92 Å². The Morgan fingerprint density at radius 3 is 2.68 bits per heavy atom. The summed E-state index contributed by atoms with van der Waals surface area (Å²) in [4.78, 5) is 3.92. The maximum absolute atomic E-state index is 12.2. The SMILES string of the molecule is Cc1cc(NS(=O)(=O)c2ccnc(NN)c2)n(C)n1. The summed E-state index contributed by atoms with van der Waals surface area (Å²) in [6.45, 7) is 1.78. The molecule has 8 nitrogen and oxygen atoms in total. The van der Waals surface area contributed by atoms with Gasteiger partial charge in [-0.3, -0.25) is 9.40 Å². The Kier molecular flexibility index (Phi) is 3.40. The quantitative estimate of drug-likeness (QED) is 0.545. The van der Waals surface area contributed by atoms with Gasteiger partial charge in [-0.05, 0) is 13.0 Å². The van der Waals surface area contributed by atoms with Crippen molar-refractivity contribution in [2.75, 3.05) is 10.1 Å². The van der Waals surface area contributed by atoms with Crippen molar-refractivity contribution >= 4 is 21.7 Å². The number of rotatable bonds is 4. The molecule has 0 spiro atoms. The van der Waals surface area contributed by atoms with Crippen molar-refractivity contribution in [2.24, 2.45) is 12.9 Å². The summed E-state index contributed by atoms with van der Waals surface area (Å²) >= 11 is 0. The Morgan fingerprint density at radius 1 is 1.37 bits per heavy atom. The summed E-state index contributed by atoms with van der Waals surface area (Å²) in [5.74, 6) is 5.85. The fourth-order valence-corrected chi connectivity index (χ4v) is 2.65. The van der Waals surface area contributed by atoms with Gasteiger partial charge < -0.3 is 5.43 Å². The molecular formula is C10H14N6O2S. The Balaban J connectivity index is 2.34. The zero-order chi connectivity index (χ0) is 14.0. The minimum atomic E-state index is -3.70. The summed E-state index contributed by atoms with van der Waals surface area (Å²) in [7, 11) is -2.04. The normalized spacial score (nSPS) is 11.3. The molecule has 9 heteroatoms. The summed E-state index contributed by atoms with van der Waals surface area (Å²) in [5.41, 5.74) is 3.02. The van der Waals surface area contributed by atoms with Gasteiger partial charge in [-0.25, -0.2) is 19.2 Å². The number of nitrogens with zero attached hydrogens (tertiary/aromatic N) is 3. The van der Waals surface area contributed by atoms with Crippen LogP contribution in [0.1, 0.15) is 5.69 Å². The van der Waals surface area contributed by atoms with Gasteiger partial charge in [0, 0.05) is 25.4 Å². The molecule has 0 amide bonds. The van der Waals surface area contributed by atoms with Crippen LogP contribution in [0.15, 0.2) is 29.3 Å². The average molecular weight is 282 g/mol. The van der Waals surface area contributed by atoms with Gasteiger partial charge in [-0.1, -0.05) is 0 Å². The van der Waals surface area contributed by atoms with Crippen LogP contribution in [-0.2, 0) is 17.1 Å². The van der Waals surface area contributed by atoms with Gasteiger partial charge in [0.05, 0.1) is 10.6 Å². The lowest BCUT2D eigenvalue weighted by Crippen LogP contribution is -2.16. The third-order valence-corrected chi connectivity index (χ3v) is 3.78. The molecule has 0 aliphatic heterocycles. The number of hydrogen-bond donors (Lipinski definition) is 3. The van der Waals surface area contributed by atoms with Crippen LogP contribution in [0.4, 0.5) is 11.6 Å².